The Labute approximate surface area is 254 Å². The van der Waals surface area contributed by atoms with Crippen LogP contribution in [0.25, 0.3) is 0 Å². The summed E-state index contributed by atoms with van der Waals surface area (Å²) in [7, 11) is 2.36. The smallest absolute Gasteiger partial charge is 0.385 e. The third kappa shape index (κ3) is 11.4. The topological polar surface area (TPSA) is 56.7 Å². The van der Waals surface area contributed by atoms with Crippen LogP contribution < -0.4 is 10.6 Å². The van der Waals surface area contributed by atoms with Crippen molar-refractivity contribution in [3.8, 4) is 0 Å². The number of carbonyl (C=O) groups excluding carboxylic acids is 1. The molecule has 1 heterocycles. The number of likely N-dealkylation sites (N-methyl/N-ethyl adjacent to an activating group) is 1. The van der Waals surface area contributed by atoms with E-state index in [2.05, 4.69) is 49.5 Å². The Bertz CT molecular complexity index is 940. The Morgan fingerprint density at radius 2 is 1.86 bits per heavy atom. The summed E-state index contributed by atoms with van der Waals surface area (Å²) in [5.41, 5.74) is 0.296. The Hall–Kier alpha value is -2.29. The first-order valence-electron chi connectivity index (χ1n) is 16.3. The molecule has 3 unspecified atom stereocenters. The molecule has 0 aliphatic carbocycles. The molecule has 0 aromatic carbocycles. The largest absolute Gasteiger partial charge is 0.419 e. The van der Waals surface area contributed by atoms with Gasteiger partial charge in [-0.1, -0.05) is 59.6 Å². The number of rotatable bonds is 18. The number of aliphatic imine (C=N–C) groups is 1. The maximum Gasteiger partial charge on any atom is 0.419 e. The monoisotopic (exact) mass is 598 g/mol. The molecule has 9 heteroatoms. The normalized spacial score (nSPS) is 21.2. The number of nitrogens with zero attached hydrogens (tertiary/aromatic N) is 3. The number of allylic oxidation sites excluding steroid dienone is 2. The van der Waals surface area contributed by atoms with Gasteiger partial charge in [-0.05, 0) is 46.0 Å². The lowest BCUT2D eigenvalue weighted by atomic mass is 9.92. The minimum Gasteiger partial charge on any atom is -0.385 e. The average molecular weight is 599 g/mol. The molecule has 0 saturated heterocycles. The van der Waals surface area contributed by atoms with Crippen LogP contribution in [0.5, 0.6) is 0 Å². The molecule has 3 atom stereocenters. The van der Waals surface area contributed by atoms with Crippen LogP contribution in [0.2, 0.25) is 0 Å². The second-order valence-corrected chi connectivity index (χ2v) is 11.5. The van der Waals surface area contributed by atoms with Crippen LogP contribution in [0.3, 0.4) is 0 Å². The molecule has 0 aromatic heterocycles. The van der Waals surface area contributed by atoms with Crippen LogP contribution in [-0.4, -0.2) is 72.6 Å². The first-order chi connectivity index (χ1) is 19.9. The molecule has 242 valence electrons. The predicted molar refractivity (Wildman–Crippen MR) is 170 cm³/mol. The van der Waals surface area contributed by atoms with Gasteiger partial charge in [-0.25, -0.2) is 4.99 Å². The lowest BCUT2D eigenvalue weighted by Crippen LogP contribution is -2.62. The fraction of sp³-hybridized carbons (Fsp3) is 0.758. The first kappa shape index (κ1) is 37.7. The van der Waals surface area contributed by atoms with E-state index < -0.39 is 11.7 Å². The minimum absolute atomic E-state index is 0.0253. The van der Waals surface area contributed by atoms with Crippen LogP contribution in [0, 0.1) is 0 Å². The summed E-state index contributed by atoms with van der Waals surface area (Å²) in [5, 5.41) is 6.37. The molecule has 6 nitrogen and oxygen atoms in total. The van der Waals surface area contributed by atoms with E-state index in [1.54, 1.807) is 17.9 Å². The average Bonchev–Trinajstić information content (AvgIpc) is 2.94. The van der Waals surface area contributed by atoms with E-state index in [1.807, 2.05) is 20.8 Å². The fourth-order valence-electron chi connectivity index (χ4n) is 6.18. The van der Waals surface area contributed by atoms with Crippen LogP contribution in [0.1, 0.15) is 113 Å². The maximum atomic E-state index is 14.2. The van der Waals surface area contributed by atoms with E-state index >= 15 is 0 Å². The highest BCUT2D eigenvalue weighted by Crippen LogP contribution is 2.33. The highest BCUT2D eigenvalue weighted by atomic mass is 19.4. The predicted octanol–water partition coefficient (Wildman–Crippen LogP) is 7.84. The van der Waals surface area contributed by atoms with Gasteiger partial charge >= 0.3 is 6.18 Å². The van der Waals surface area contributed by atoms with Gasteiger partial charge in [0.25, 0.3) is 0 Å². The number of quaternary nitrogens is 1. The van der Waals surface area contributed by atoms with Crippen LogP contribution >= 0.6 is 0 Å². The highest BCUT2D eigenvalue weighted by Gasteiger charge is 2.42. The molecule has 0 saturated carbocycles. The maximum absolute atomic E-state index is 14.2. The molecule has 0 bridgehead atoms. The number of amidine groups is 1. The Morgan fingerprint density at radius 1 is 1.14 bits per heavy atom. The van der Waals surface area contributed by atoms with E-state index in [0.717, 1.165) is 42.2 Å². The Balaban J connectivity index is 3.14. The number of hydrogen-bond acceptors (Lipinski definition) is 3. The summed E-state index contributed by atoms with van der Waals surface area (Å²) in [4.78, 5) is 18.0. The zero-order valence-corrected chi connectivity index (χ0v) is 27.7. The van der Waals surface area contributed by atoms with Crippen molar-refractivity contribution in [2.75, 3.05) is 33.2 Å². The van der Waals surface area contributed by atoms with Crippen molar-refractivity contribution in [2.45, 2.75) is 131 Å². The number of nitrogens with one attached hydrogen (secondary N) is 2. The van der Waals surface area contributed by atoms with Gasteiger partial charge in [-0.2, -0.15) is 13.2 Å². The number of alkyl halides is 3. The van der Waals surface area contributed by atoms with Crippen molar-refractivity contribution in [2.24, 2.45) is 4.99 Å². The standard InChI is InChI=1S/C33H59F3N5O/c1-9-15-20-27(18-10-2)41(8)24-16-21-30(31(41)12-4)39-26(7)38-25-28(33(34,35)36)29(19-11-3)37-22-17-23-40(14-6)32(42)13-5/h19,21,25,27,31,37H,9-18,20,22-24H2,1-8H3,(H,38,39)/q+1/b28-25+,29-19-. The quantitative estimate of drug-likeness (QED) is 0.0556. The first-order valence-corrected chi connectivity index (χ1v) is 16.3. The summed E-state index contributed by atoms with van der Waals surface area (Å²) in [6.07, 6.45) is 9.34. The number of halogens is 3. The lowest BCUT2D eigenvalue weighted by molar-refractivity contribution is -0.953. The second kappa shape index (κ2) is 19.1. The zero-order chi connectivity index (χ0) is 31.8. The fourth-order valence-corrected chi connectivity index (χ4v) is 6.18. The number of amides is 1. The van der Waals surface area contributed by atoms with Gasteiger partial charge in [0.15, 0.2) is 0 Å². The SMILES string of the molecule is CC/C=C(NCCCN(CC)C(=O)CC)/C(=C\N=C(C)NC1=CCC[N+](C)(C(CCC)CCCC)C1CC)C(F)(F)F. The molecule has 1 aliphatic heterocycles. The van der Waals surface area contributed by atoms with Crippen molar-refractivity contribution >= 4 is 11.7 Å². The minimum atomic E-state index is -4.57. The van der Waals surface area contributed by atoms with E-state index in [-0.39, 0.29) is 17.6 Å². The number of hydrogen-bond donors (Lipinski definition) is 2. The lowest BCUT2D eigenvalue weighted by Gasteiger charge is -2.50. The van der Waals surface area contributed by atoms with Crippen molar-refractivity contribution in [1.82, 2.24) is 15.5 Å². The summed E-state index contributed by atoms with van der Waals surface area (Å²) in [6, 6.07) is 0.819. The van der Waals surface area contributed by atoms with Crippen molar-refractivity contribution < 1.29 is 22.4 Å². The summed E-state index contributed by atoms with van der Waals surface area (Å²) in [6.45, 7) is 16.4. The third-order valence-corrected chi connectivity index (χ3v) is 8.45. The molecular formula is C33H59F3N5O+. The highest BCUT2D eigenvalue weighted by molar-refractivity contribution is 5.82. The molecule has 0 radical (unpaired) electrons. The van der Waals surface area contributed by atoms with Gasteiger partial charge in [-0.15, -0.1) is 0 Å². The van der Waals surface area contributed by atoms with E-state index in [0.29, 0.717) is 50.8 Å². The molecule has 1 amide bonds. The third-order valence-electron chi connectivity index (χ3n) is 8.45. The van der Waals surface area contributed by atoms with Crippen molar-refractivity contribution in [1.29, 1.82) is 0 Å². The summed E-state index contributed by atoms with van der Waals surface area (Å²) < 4.78 is 43.6. The van der Waals surface area contributed by atoms with E-state index in [1.165, 1.54) is 25.7 Å². The zero-order valence-electron chi connectivity index (χ0n) is 27.7. The molecule has 42 heavy (non-hydrogen) atoms. The van der Waals surface area contributed by atoms with Crippen LogP contribution in [0.4, 0.5) is 13.2 Å². The number of unbranched alkanes of at least 4 members (excludes halogenated alkanes) is 1. The van der Waals surface area contributed by atoms with Crippen LogP contribution in [-0.2, 0) is 4.79 Å². The number of carbonyl (C=O) groups is 1. The summed E-state index contributed by atoms with van der Waals surface area (Å²) in [5.74, 6) is 0.498. The molecule has 2 N–H and O–H groups in total. The molecule has 1 aliphatic rings. The van der Waals surface area contributed by atoms with Crippen LogP contribution in [0.15, 0.2) is 40.3 Å². The molecular weight excluding hydrogens is 539 g/mol. The van der Waals surface area contributed by atoms with Crippen molar-refractivity contribution in [3.05, 3.63) is 35.3 Å². The van der Waals surface area contributed by atoms with Crippen molar-refractivity contribution in [3.63, 3.8) is 0 Å². The van der Waals surface area contributed by atoms with Gasteiger partial charge in [0.2, 0.25) is 5.91 Å². The second-order valence-electron chi connectivity index (χ2n) is 11.5. The van der Waals surface area contributed by atoms with E-state index in [9.17, 15) is 18.0 Å². The van der Waals surface area contributed by atoms with Gasteiger partial charge in [0.05, 0.1) is 30.9 Å². The van der Waals surface area contributed by atoms with E-state index in [4.69, 9.17) is 0 Å². The molecule has 0 spiro atoms. The Morgan fingerprint density at radius 3 is 2.40 bits per heavy atom. The van der Waals surface area contributed by atoms with Gasteiger partial charge in [0.1, 0.15) is 11.9 Å². The molecule has 0 fully saturated rings. The van der Waals surface area contributed by atoms with Gasteiger partial charge in [0, 0.05) is 50.8 Å². The van der Waals surface area contributed by atoms with Gasteiger partial charge in [-0.3, -0.25) is 4.79 Å². The Kier molecular flexibility index (Phi) is 17.1. The molecule has 1 rings (SSSR count). The molecule has 0 aromatic rings. The van der Waals surface area contributed by atoms with Gasteiger partial charge < -0.3 is 20.0 Å². The summed E-state index contributed by atoms with van der Waals surface area (Å²) >= 11 is 0.